The maximum atomic E-state index is 4.33. The fourth-order valence-corrected chi connectivity index (χ4v) is 2.66. The molecule has 3 unspecified atom stereocenters. The minimum Gasteiger partial charge on any atom is -0.348 e. The van der Waals surface area contributed by atoms with Crippen molar-refractivity contribution < 1.29 is 0 Å². The lowest BCUT2D eigenvalue weighted by atomic mass is 9.78. The zero-order valence-corrected chi connectivity index (χ0v) is 10.6. The Balaban J connectivity index is 1.88. The van der Waals surface area contributed by atoms with Crippen LogP contribution in [-0.4, -0.2) is 16.0 Å². The van der Waals surface area contributed by atoms with Crippen molar-refractivity contribution in [3.63, 3.8) is 0 Å². The van der Waals surface area contributed by atoms with Crippen LogP contribution in [0, 0.1) is 18.8 Å². The van der Waals surface area contributed by atoms with Gasteiger partial charge in [0.05, 0.1) is 12.0 Å². The largest absolute Gasteiger partial charge is 0.348 e. The lowest BCUT2D eigenvalue weighted by molar-refractivity contribution is 0.205. The highest BCUT2D eigenvalue weighted by atomic mass is 15.0. The van der Waals surface area contributed by atoms with Gasteiger partial charge in [0.2, 0.25) is 0 Å². The number of nitrogens with one attached hydrogen (secondary N) is 2. The molecule has 3 heteroatoms. The van der Waals surface area contributed by atoms with E-state index >= 15 is 0 Å². The van der Waals surface area contributed by atoms with E-state index in [0.29, 0.717) is 6.04 Å². The van der Waals surface area contributed by atoms with E-state index in [1.165, 1.54) is 25.0 Å². The fourth-order valence-electron chi connectivity index (χ4n) is 2.66. The van der Waals surface area contributed by atoms with E-state index in [9.17, 15) is 0 Å². The summed E-state index contributed by atoms with van der Waals surface area (Å²) in [4.78, 5) is 7.45. The van der Waals surface area contributed by atoms with Gasteiger partial charge in [-0.2, -0.15) is 0 Å². The van der Waals surface area contributed by atoms with E-state index in [4.69, 9.17) is 0 Å². The van der Waals surface area contributed by atoms with E-state index in [2.05, 4.69) is 36.1 Å². The summed E-state index contributed by atoms with van der Waals surface area (Å²) in [6.45, 7) is 7.73. The summed E-state index contributed by atoms with van der Waals surface area (Å²) in [6, 6.07) is 0.667. The second kappa shape index (κ2) is 5.00. The van der Waals surface area contributed by atoms with Crippen LogP contribution in [0.25, 0.3) is 0 Å². The third kappa shape index (κ3) is 2.46. The average molecular weight is 221 g/mol. The van der Waals surface area contributed by atoms with Gasteiger partial charge in [0, 0.05) is 18.3 Å². The first-order valence-electron chi connectivity index (χ1n) is 6.40. The Hall–Kier alpha value is -0.830. The van der Waals surface area contributed by atoms with E-state index in [0.717, 1.165) is 24.1 Å². The van der Waals surface area contributed by atoms with Crippen LogP contribution in [0.1, 0.15) is 44.5 Å². The van der Waals surface area contributed by atoms with Crippen LogP contribution in [0.4, 0.5) is 0 Å². The van der Waals surface area contributed by atoms with Crippen molar-refractivity contribution in [2.75, 3.05) is 0 Å². The van der Waals surface area contributed by atoms with Gasteiger partial charge < -0.3 is 10.3 Å². The highest BCUT2D eigenvalue weighted by Gasteiger charge is 2.26. The Morgan fingerprint density at radius 2 is 2.25 bits per heavy atom. The average Bonchev–Trinajstić information content (AvgIpc) is 2.67. The number of nitrogens with zero attached hydrogens (tertiary/aromatic N) is 1. The Morgan fingerprint density at radius 1 is 1.44 bits per heavy atom. The number of aromatic nitrogens is 2. The van der Waals surface area contributed by atoms with Gasteiger partial charge in [-0.05, 0) is 25.2 Å². The number of hydrogen-bond acceptors (Lipinski definition) is 2. The van der Waals surface area contributed by atoms with Gasteiger partial charge in [0.25, 0.3) is 0 Å². The monoisotopic (exact) mass is 221 g/mol. The zero-order valence-electron chi connectivity index (χ0n) is 10.6. The molecular weight excluding hydrogens is 198 g/mol. The molecule has 0 amide bonds. The Labute approximate surface area is 98.1 Å². The molecule has 2 rings (SSSR count). The van der Waals surface area contributed by atoms with Crippen LogP contribution in [0.3, 0.4) is 0 Å². The predicted molar refractivity (Wildman–Crippen MR) is 66.1 cm³/mol. The Kier molecular flexibility index (Phi) is 3.64. The van der Waals surface area contributed by atoms with Crippen LogP contribution >= 0.6 is 0 Å². The lowest BCUT2D eigenvalue weighted by Gasteiger charge is -2.34. The summed E-state index contributed by atoms with van der Waals surface area (Å²) in [5.74, 6) is 1.64. The quantitative estimate of drug-likeness (QED) is 0.823. The van der Waals surface area contributed by atoms with Gasteiger partial charge in [-0.15, -0.1) is 0 Å². The summed E-state index contributed by atoms with van der Waals surface area (Å²) in [5, 5.41) is 3.66. The molecule has 1 aromatic heterocycles. The molecule has 1 heterocycles. The Bertz CT molecular complexity index is 332. The fraction of sp³-hybridized carbons (Fsp3) is 0.769. The number of aryl methyl sites for hydroxylation is 1. The summed E-state index contributed by atoms with van der Waals surface area (Å²) < 4.78 is 0. The van der Waals surface area contributed by atoms with E-state index in [1.807, 2.05) is 0 Å². The lowest BCUT2D eigenvalue weighted by Crippen LogP contribution is -2.40. The molecular formula is C13H23N3. The molecule has 0 spiro atoms. The van der Waals surface area contributed by atoms with Crippen LogP contribution < -0.4 is 5.32 Å². The maximum absolute atomic E-state index is 4.33. The van der Waals surface area contributed by atoms with Crippen LogP contribution in [0.15, 0.2) is 6.33 Å². The van der Waals surface area contributed by atoms with E-state index in [1.54, 1.807) is 6.33 Å². The van der Waals surface area contributed by atoms with Crippen LogP contribution in [-0.2, 0) is 6.54 Å². The molecule has 0 saturated heterocycles. The predicted octanol–water partition coefficient (Wildman–Crippen LogP) is 2.63. The molecule has 1 saturated carbocycles. The van der Waals surface area contributed by atoms with Crippen molar-refractivity contribution in [3.05, 3.63) is 17.7 Å². The molecule has 1 fully saturated rings. The van der Waals surface area contributed by atoms with Crippen molar-refractivity contribution in [1.82, 2.24) is 15.3 Å². The first-order chi connectivity index (χ1) is 7.68. The molecule has 0 radical (unpaired) electrons. The molecule has 3 atom stereocenters. The third-order valence-corrected chi connectivity index (χ3v) is 4.17. The van der Waals surface area contributed by atoms with Gasteiger partial charge >= 0.3 is 0 Å². The zero-order chi connectivity index (χ0) is 11.5. The number of imidazole rings is 1. The van der Waals surface area contributed by atoms with Crippen molar-refractivity contribution >= 4 is 0 Å². The van der Waals surface area contributed by atoms with Gasteiger partial charge in [-0.1, -0.05) is 26.7 Å². The molecule has 0 aromatic carbocycles. The second-order valence-electron chi connectivity index (χ2n) is 5.23. The van der Waals surface area contributed by atoms with Gasteiger partial charge in [-0.3, -0.25) is 0 Å². The smallest absolute Gasteiger partial charge is 0.0925 e. The maximum Gasteiger partial charge on any atom is 0.0925 e. The van der Waals surface area contributed by atoms with Crippen molar-refractivity contribution in [2.24, 2.45) is 11.8 Å². The second-order valence-corrected chi connectivity index (χ2v) is 5.23. The highest BCUT2D eigenvalue weighted by Crippen LogP contribution is 2.29. The summed E-state index contributed by atoms with van der Waals surface area (Å²) in [6.07, 6.45) is 5.84. The molecule has 3 nitrogen and oxygen atoms in total. The van der Waals surface area contributed by atoms with Crippen molar-refractivity contribution in [1.29, 1.82) is 0 Å². The molecule has 1 aliphatic carbocycles. The van der Waals surface area contributed by atoms with Crippen LogP contribution in [0.2, 0.25) is 0 Å². The topological polar surface area (TPSA) is 40.7 Å². The first kappa shape index (κ1) is 11.6. The number of H-pyrrole nitrogens is 1. The summed E-state index contributed by atoms with van der Waals surface area (Å²) in [5.41, 5.74) is 2.34. The van der Waals surface area contributed by atoms with Gasteiger partial charge in [0.1, 0.15) is 0 Å². The molecule has 0 bridgehead atoms. The van der Waals surface area contributed by atoms with Gasteiger partial charge in [0.15, 0.2) is 0 Å². The SMILES string of the molecule is Cc1[nH]cnc1CNC1CCCC(C)C1C. The van der Waals surface area contributed by atoms with E-state index < -0.39 is 0 Å². The molecule has 1 aliphatic rings. The number of rotatable bonds is 3. The van der Waals surface area contributed by atoms with Crippen LogP contribution in [0.5, 0.6) is 0 Å². The molecule has 2 N–H and O–H groups in total. The standard InChI is InChI=1S/C13H23N3/c1-9-5-4-6-12(10(9)2)14-7-13-11(3)15-8-16-13/h8-10,12,14H,4-7H2,1-3H3,(H,15,16). The number of aromatic amines is 1. The Morgan fingerprint density at radius 3 is 2.94 bits per heavy atom. The molecule has 16 heavy (non-hydrogen) atoms. The van der Waals surface area contributed by atoms with E-state index in [-0.39, 0.29) is 0 Å². The minimum absolute atomic E-state index is 0.667. The first-order valence-corrected chi connectivity index (χ1v) is 6.40. The van der Waals surface area contributed by atoms with Crippen molar-refractivity contribution in [2.45, 2.75) is 52.6 Å². The third-order valence-electron chi connectivity index (χ3n) is 4.17. The minimum atomic E-state index is 0.667. The molecule has 1 aromatic rings. The summed E-state index contributed by atoms with van der Waals surface area (Å²) >= 11 is 0. The highest BCUT2D eigenvalue weighted by molar-refractivity contribution is 5.08. The van der Waals surface area contributed by atoms with Gasteiger partial charge in [-0.25, -0.2) is 4.98 Å². The number of hydrogen-bond donors (Lipinski definition) is 2. The van der Waals surface area contributed by atoms with Crippen molar-refractivity contribution in [3.8, 4) is 0 Å². The summed E-state index contributed by atoms with van der Waals surface area (Å²) in [7, 11) is 0. The molecule has 90 valence electrons. The normalized spacial score (nSPS) is 30.6. The molecule has 0 aliphatic heterocycles.